The lowest BCUT2D eigenvalue weighted by molar-refractivity contribution is 0.560. The monoisotopic (exact) mass is 230 g/mol. The lowest BCUT2D eigenvalue weighted by Crippen LogP contribution is -2.12. The average molecular weight is 230 g/mol. The summed E-state index contributed by atoms with van der Waals surface area (Å²) in [5.74, 6) is 1.88. The maximum atomic E-state index is 5.68. The highest BCUT2D eigenvalue weighted by molar-refractivity contribution is 5.47. The zero-order valence-electron chi connectivity index (χ0n) is 9.89. The predicted molar refractivity (Wildman–Crippen MR) is 67.8 cm³/mol. The lowest BCUT2D eigenvalue weighted by Gasteiger charge is -2.08. The minimum absolute atomic E-state index is 0.582. The largest absolute Gasteiger partial charge is 0.326 e. The fourth-order valence-corrected chi connectivity index (χ4v) is 2.51. The maximum absolute atomic E-state index is 5.68. The van der Waals surface area contributed by atoms with E-state index >= 15 is 0 Å². The number of hydrogen-bond donors (Lipinski definition) is 2. The number of nitrogens with zero attached hydrogens (tertiary/aromatic N) is 2. The summed E-state index contributed by atoms with van der Waals surface area (Å²) in [6.07, 6.45) is 6.36. The van der Waals surface area contributed by atoms with E-state index in [-0.39, 0.29) is 0 Å². The Balaban J connectivity index is 1.92. The molecule has 4 nitrogen and oxygen atoms in total. The van der Waals surface area contributed by atoms with Gasteiger partial charge in [-0.05, 0) is 37.1 Å². The summed E-state index contributed by atoms with van der Waals surface area (Å²) >= 11 is 0. The van der Waals surface area contributed by atoms with Gasteiger partial charge in [0, 0.05) is 19.2 Å². The van der Waals surface area contributed by atoms with Gasteiger partial charge in [-0.3, -0.25) is 0 Å². The van der Waals surface area contributed by atoms with Crippen molar-refractivity contribution in [1.82, 2.24) is 14.7 Å². The van der Waals surface area contributed by atoms with Crippen molar-refractivity contribution in [2.75, 3.05) is 13.1 Å². The fourth-order valence-electron chi connectivity index (χ4n) is 2.51. The number of aromatic nitrogens is 2. The molecule has 1 fully saturated rings. The number of pyridine rings is 1. The minimum atomic E-state index is 0.582. The average Bonchev–Trinajstić information content (AvgIpc) is 2.99. The minimum Gasteiger partial charge on any atom is -0.326 e. The molecule has 1 saturated heterocycles. The molecule has 3 heterocycles. The standard InChI is InChI=1S/C13H18N4/c14-6-11-1-2-12-8-16-13(17(12)9-11)5-10-3-4-15-7-10/h1-2,8-10,15H,3-7,14H2. The second-order valence-corrected chi connectivity index (χ2v) is 4.77. The number of imidazole rings is 1. The molecule has 0 spiro atoms. The Morgan fingerprint density at radius 1 is 1.47 bits per heavy atom. The Bertz CT molecular complexity index is 511. The molecule has 3 rings (SSSR count). The normalized spacial score (nSPS) is 20.2. The molecule has 0 saturated carbocycles. The van der Waals surface area contributed by atoms with Crippen LogP contribution >= 0.6 is 0 Å². The van der Waals surface area contributed by atoms with Crippen LogP contribution in [-0.4, -0.2) is 22.5 Å². The summed E-state index contributed by atoms with van der Waals surface area (Å²) in [6.45, 7) is 2.84. The van der Waals surface area contributed by atoms with E-state index in [0.29, 0.717) is 6.54 Å². The number of nitrogens with two attached hydrogens (primary N) is 1. The molecule has 4 heteroatoms. The highest BCUT2D eigenvalue weighted by atomic mass is 15.0. The third-order valence-corrected chi connectivity index (χ3v) is 3.53. The Hall–Kier alpha value is -1.39. The van der Waals surface area contributed by atoms with Crippen molar-refractivity contribution >= 4 is 5.52 Å². The predicted octanol–water partition coefficient (Wildman–Crippen LogP) is 0.945. The molecular formula is C13H18N4. The quantitative estimate of drug-likeness (QED) is 0.825. The van der Waals surface area contributed by atoms with Gasteiger partial charge in [-0.1, -0.05) is 6.07 Å². The summed E-state index contributed by atoms with van der Waals surface area (Å²) in [7, 11) is 0. The van der Waals surface area contributed by atoms with Crippen LogP contribution in [0.25, 0.3) is 5.52 Å². The van der Waals surface area contributed by atoms with Gasteiger partial charge in [0.25, 0.3) is 0 Å². The number of hydrogen-bond acceptors (Lipinski definition) is 3. The van der Waals surface area contributed by atoms with Crippen LogP contribution in [0.3, 0.4) is 0 Å². The van der Waals surface area contributed by atoms with E-state index in [1.807, 2.05) is 6.20 Å². The molecule has 2 aromatic heterocycles. The Labute approximate surface area is 101 Å². The van der Waals surface area contributed by atoms with Gasteiger partial charge in [0.1, 0.15) is 5.82 Å². The second kappa shape index (κ2) is 4.47. The van der Waals surface area contributed by atoms with Crippen LogP contribution in [0.2, 0.25) is 0 Å². The summed E-state index contributed by atoms with van der Waals surface area (Å²) in [4.78, 5) is 4.53. The van der Waals surface area contributed by atoms with Gasteiger partial charge in [-0.15, -0.1) is 0 Å². The molecule has 0 aromatic carbocycles. The van der Waals surface area contributed by atoms with E-state index in [9.17, 15) is 0 Å². The maximum Gasteiger partial charge on any atom is 0.113 e. The van der Waals surface area contributed by atoms with E-state index in [4.69, 9.17) is 5.73 Å². The van der Waals surface area contributed by atoms with Crippen LogP contribution in [0, 0.1) is 5.92 Å². The molecule has 3 N–H and O–H groups in total. The third-order valence-electron chi connectivity index (χ3n) is 3.53. The molecule has 1 atom stereocenters. The highest BCUT2D eigenvalue weighted by Gasteiger charge is 2.17. The molecule has 0 radical (unpaired) electrons. The van der Waals surface area contributed by atoms with E-state index < -0.39 is 0 Å². The van der Waals surface area contributed by atoms with Crippen LogP contribution in [0.5, 0.6) is 0 Å². The van der Waals surface area contributed by atoms with Gasteiger partial charge >= 0.3 is 0 Å². The molecule has 1 unspecified atom stereocenters. The van der Waals surface area contributed by atoms with E-state index in [2.05, 4.69) is 33.0 Å². The molecule has 1 aliphatic heterocycles. The Morgan fingerprint density at radius 3 is 3.18 bits per heavy atom. The molecule has 0 bridgehead atoms. The van der Waals surface area contributed by atoms with E-state index in [1.165, 1.54) is 6.42 Å². The molecule has 17 heavy (non-hydrogen) atoms. The zero-order chi connectivity index (χ0) is 11.7. The van der Waals surface area contributed by atoms with Crippen molar-refractivity contribution in [3.63, 3.8) is 0 Å². The Morgan fingerprint density at radius 2 is 2.41 bits per heavy atom. The van der Waals surface area contributed by atoms with Gasteiger partial charge in [0.05, 0.1) is 11.7 Å². The second-order valence-electron chi connectivity index (χ2n) is 4.77. The lowest BCUT2D eigenvalue weighted by atomic mass is 10.0. The van der Waals surface area contributed by atoms with Crippen molar-refractivity contribution in [2.45, 2.75) is 19.4 Å². The van der Waals surface area contributed by atoms with Crippen LogP contribution in [0.15, 0.2) is 24.5 Å². The highest BCUT2D eigenvalue weighted by Crippen LogP contribution is 2.16. The van der Waals surface area contributed by atoms with Crippen LogP contribution < -0.4 is 11.1 Å². The SMILES string of the molecule is NCc1ccc2cnc(CC3CCNC3)n2c1. The number of nitrogens with one attached hydrogen (secondary N) is 1. The van der Waals surface area contributed by atoms with Crippen molar-refractivity contribution < 1.29 is 0 Å². The van der Waals surface area contributed by atoms with Crippen molar-refractivity contribution in [3.05, 3.63) is 35.9 Å². The molecule has 1 aliphatic rings. The fraction of sp³-hybridized carbons (Fsp3) is 0.462. The molecule has 2 aromatic rings. The Kier molecular flexibility index (Phi) is 2.82. The topological polar surface area (TPSA) is 55.3 Å². The van der Waals surface area contributed by atoms with Gasteiger partial charge in [-0.2, -0.15) is 0 Å². The van der Waals surface area contributed by atoms with Crippen molar-refractivity contribution in [1.29, 1.82) is 0 Å². The van der Waals surface area contributed by atoms with Crippen LogP contribution in [0.1, 0.15) is 17.8 Å². The summed E-state index contributed by atoms with van der Waals surface area (Å²) < 4.78 is 2.18. The number of fused-ring (bicyclic) bond motifs is 1. The first kappa shape index (κ1) is 10.7. The molecule has 90 valence electrons. The van der Waals surface area contributed by atoms with Crippen molar-refractivity contribution in [3.8, 4) is 0 Å². The molecular weight excluding hydrogens is 212 g/mol. The third kappa shape index (κ3) is 2.06. The first-order chi connectivity index (χ1) is 8.36. The number of rotatable bonds is 3. The first-order valence-corrected chi connectivity index (χ1v) is 6.22. The van der Waals surface area contributed by atoms with E-state index in [0.717, 1.165) is 42.3 Å². The summed E-state index contributed by atoms with van der Waals surface area (Å²) in [5.41, 5.74) is 7.99. The summed E-state index contributed by atoms with van der Waals surface area (Å²) in [5, 5.41) is 3.40. The van der Waals surface area contributed by atoms with Gasteiger partial charge < -0.3 is 15.5 Å². The first-order valence-electron chi connectivity index (χ1n) is 6.22. The molecule has 0 amide bonds. The van der Waals surface area contributed by atoms with Crippen LogP contribution in [-0.2, 0) is 13.0 Å². The molecule has 0 aliphatic carbocycles. The summed E-state index contributed by atoms with van der Waals surface area (Å²) in [6, 6.07) is 4.16. The van der Waals surface area contributed by atoms with Crippen molar-refractivity contribution in [2.24, 2.45) is 11.7 Å². The van der Waals surface area contributed by atoms with E-state index in [1.54, 1.807) is 0 Å². The smallest absolute Gasteiger partial charge is 0.113 e. The van der Waals surface area contributed by atoms with Crippen LogP contribution in [0.4, 0.5) is 0 Å². The van der Waals surface area contributed by atoms with Gasteiger partial charge in [0.15, 0.2) is 0 Å². The van der Waals surface area contributed by atoms with Gasteiger partial charge in [-0.25, -0.2) is 4.98 Å². The van der Waals surface area contributed by atoms with Gasteiger partial charge in [0.2, 0.25) is 0 Å². The zero-order valence-corrected chi connectivity index (χ0v) is 9.89.